The molecule has 5 rings (SSSR count). The van der Waals surface area contributed by atoms with E-state index in [-0.39, 0.29) is 20.1 Å². The minimum Gasteiger partial charge on any atom is -0.305 e. The Hall–Kier alpha value is -3.41. The third kappa shape index (κ3) is 6.13. The topological polar surface area (TPSA) is 38.7 Å². The number of alkyl halides is 3. The molecule has 3 nitrogen and oxygen atoms in total. The first-order valence-corrected chi connectivity index (χ1v) is 10.1. The van der Waals surface area contributed by atoms with Gasteiger partial charge in [0.25, 0.3) is 0 Å². The van der Waals surface area contributed by atoms with Crippen LogP contribution in [0.25, 0.3) is 33.5 Å². The number of benzene rings is 3. The van der Waals surface area contributed by atoms with E-state index in [1.165, 1.54) is 6.07 Å². The zero-order valence-corrected chi connectivity index (χ0v) is 20.4. The van der Waals surface area contributed by atoms with E-state index >= 15 is 0 Å². The maximum absolute atomic E-state index is 12.6. The van der Waals surface area contributed by atoms with Crippen molar-refractivity contribution in [3.63, 3.8) is 0 Å². The summed E-state index contributed by atoms with van der Waals surface area (Å²) in [5.74, 6) is 0. The molecule has 0 saturated carbocycles. The first-order chi connectivity index (χ1) is 15.9. The van der Waals surface area contributed by atoms with Gasteiger partial charge in [-0.3, -0.25) is 9.97 Å². The van der Waals surface area contributed by atoms with Crippen molar-refractivity contribution in [1.29, 1.82) is 0 Å². The van der Waals surface area contributed by atoms with Crippen molar-refractivity contribution in [2.24, 2.45) is 0 Å². The van der Waals surface area contributed by atoms with E-state index in [0.717, 1.165) is 28.9 Å². The van der Waals surface area contributed by atoms with Crippen LogP contribution >= 0.6 is 0 Å². The summed E-state index contributed by atoms with van der Waals surface area (Å²) in [6, 6.07) is 30.2. The molecular weight excluding hydrogens is 616 g/mol. The molecule has 0 aliphatic carbocycles. The van der Waals surface area contributed by atoms with Crippen LogP contribution < -0.4 is 0 Å². The molecular formula is C27H18F3IrN3-2. The zero-order valence-electron chi connectivity index (χ0n) is 18.0. The summed E-state index contributed by atoms with van der Waals surface area (Å²) in [5, 5.41) is 0. The Morgan fingerprint density at radius 2 is 1.44 bits per heavy atom. The van der Waals surface area contributed by atoms with E-state index in [1.807, 2.05) is 66.7 Å². The van der Waals surface area contributed by atoms with Gasteiger partial charge in [0.15, 0.2) is 0 Å². The molecule has 0 spiro atoms. The Kier molecular flexibility index (Phi) is 8.26. The average molecular weight is 634 g/mol. The second-order valence-electron chi connectivity index (χ2n) is 7.13. The molecule has 0 fully saturated rings. The summed E-state index contributed by atoms with van der Waals surface area (Å²) in [4.78, 5) is 13.1. The summed E-state index contributed by atoms with van der Waals surface area (Å²) >= 11 is 0. The Morgan fingerprint density at radius 3 is 2.03 bits per heavy atom. The second-order valence-corrected chi connectivity index (χ2v) is 7.13. The molecule has 2 heterocycles. The summed E-state index contributed by atoms with van der Waals surface area (Å²) < 4.78 is 37.7. The molecule has 2 aromatic heterocycles. The van der Waals surface area contributed by atoms with E-state index in [4.69, 9.17) is 0 Å². The Bertz CT molecular complexity index is 1300. The molecule has 34 heavy (non-hydrogen) atoms. The van der Waals surface area contributed by atoms with E-state index in [9.17, 15) is 13.2 Å². The quantitative estimate of drug-likeness (QED) is 0.197. The molecule has 7 heteroatoms. The Balaban J connectivity index is 0.000000212. The molecule has 0 aliphatic heterocycles. The normalized spacial score (nSPS) is 10.7. The maximum atomic E-state index is 12.6. The van der Waals surface area contributed by atoms with Crippen LogP contribution in [-0.4, -0.2) is 15.0 Å². The summed E-state index contributed by atoms with van der Waals surface area (Å²) in [6.45, 7) is 1.78. The zero-order chi connectivity index (χ0) is 23.3. The van der Waals surface area contributed by atoms with E-state index < -0.39 is 11.7 Å². The SMILES string of the molecule is Cc1nc2ccccc2nc1-c1[c-]cc(C(F)(F)F)cc1.[Ir].[c-]1ccccc1-c1ccccn1. The third-order valence-electron chi connectivity index (χ3n) is 4.79. The van der Waals surface area contributed by atoms with Crippen molar-refractivity contribution in [1.82, 2.24) is 15.0 Å². The van der Waals surface area contributed by atoms with Crippen molar-refractivity contribution >= 4 is 11.0 Å². The minimum absolute atomic E-state index is 0. The van der Waals surface area contributed by atoms with Crippen LogP contribution in [-0.2, 0) is 26.3 Å². The molecule has 0 aliphatic rings. The van der Waals surface area contributed by atoms with Crippen LogP contribution in [0.3, 0.4) is 0 Å². The molecule has 0 atom stereocenters. The number of hydrogen-bond acceptors (Lipinski definition) is 3. The van der Waals surface area contributed by atoms with E-state index in [2.05, 4.69) is 27.1 Å². The van der Waals surface area contributed by atoms with Gasteiger partial charge in [-0.25, -0.2) is 0 Å². The van der Waals surface area contributed by atoms with Crippen molar-refractivity contribution in [2.45, 2.75) is 13.1 Å². The Morgan fingerprint density at radius 1 is 0.735 bits per heavy atom. The van der Waals surface area contributed by atoms with Gasteiger partial charge in [0.05, 0.1) is 11.0 Å². The number of fused-ring (bicyclic) bond motifs is 1. The summed E-state index contributed by atoms with van der Waals surface area (Å²) in [6.07, 6.45) is -2.57. The first kappa shape index (κ1) is 25.2. The molecule has 173 valence electrons. The number of rotatable bonds is 2. The Labute approximate surface area is 209 Å². The van der Waals surface area contributed by atoms with Gasteiger partial charge in [-0.2, -0.15) is 13.2 Å². The fourth-order valence-corrected chi connectivity index (χ4v) is 3.17. The van der Waals surface area contributed by atoms with Gasteiger partial charge in [0, 0.05) is 37.7 Å². The number of halogens is 3. The second kappa shape index (κ2) is 11.1. The van der Waals surface area contributed by atoms with Crippen LogP contribution in [0.5, 0.6) is 0 Å². The molecule has 0 amide bonds. The van der Waals surface area contributed by atoms with Gasteiger partial charge in [-0.05, 0) is 36.4 Å². The molecule has 5 aromatic rings. The number of aryl methyl sites for hydroxylation is 1. The standard InChI is InChI=1S/C16H10F3N2.C11H8N.Ir/c1-10-15(21-14-5-3-2-4-13(14)20-10)11-6-8-12(9-7-11)16(17,18)19;1-2-6-10(7-3-1)11-8-4-5-9-12-11;/h2-6,8-9H,1H3;1-6,8-9H;/q2*-1;. The van der Waals surface area contributed by atoms with Gasteiger partial charge in [-0.1, -0.05) is 24.3 Å². The number of para-hydroxylation sites is 2. The maximum Gasteiger partial charge on any atom is 0.381 e. The first-order valence-electron chi connectivity index (χ1n) is 10.1. The van der Waals surface area contributed by atoms with E-state index in [1.54, 1.807) is 13.1 Å². The predicted molar refractivity (Wildman–Crippen MR) is 122 cm³/mol. The van der Waals surface area contributed by atoms with Crippen LogP contribution in [0.4, 0.5) is 13.2 Å². The molecule has 0 saturated heterocycles. The fraction of sp³-hybridized carbons (Fsp3) is 0.0741. The van der Waals surface area contributed by atoms with Gasteiger partial charge in [0.1, 0.15) is 0 Å². The van der Waals surface area contributed by atoms with Crippen molar-refractivity contribution < 1.29 is 33.3 Å². The van der Waals surface area contributed by atoms with E-state index in [0.29, 0.717) is 22.5 Å². The van der Waals surface area contributed by atoms with Crippen LogP contribution in [0.15, 0.2) is 91.1 Å². The third-order valence-corrected chi connectivity index (χ3v) is 4.79. The predicted octanol–water partition coefficient (Wildman–Crippen LogP) is 6.97. The smallest absolute Gasteiger partial charge is 0.305 e. The fourth-order valence-electron chi connectivity index (χ4n) is 3.17. The van der Waals surface area contributed by atoms with Gasteiger partial charge >= 0.3 is 6.18 Å². The molecule has 0 unspecified atom stereocenters. The molecule has 3 aromatic carbocycles. The molecule has 0 bridgehead atoms. The van der Waals surface area contributed by atoms with Gasteiger partial charge in [-0.15, -0.1) is 65.7 Å². The average Bonchev–Trinajstić information content (AvgIpc) is 2.85. The largest absolute Gasteiger partial charge is 0.381 e. The summed E-state index contributed by atoms with van der Waals surface area (Å²) in [5.41, 5.74) is 4.44. The van der Waals surface area contributed by atoms with Crippen LogP contribution in [0.2, 0.25) is 0 Å². The van der Waals surface area contributed by atoms with Gasteiger partial charge in [0.2, 0.25) is 0 Å². The van der Waals surface area contributed by atoms with Gasteiger partial charge < -0.3 is 4.98 Å². The van der Waals surface area contributed by atoms with Crippen molar-refractivity contribution in [3.05, 3.63) is 115 Å². The van der Waals surface area contributed by atoms with Crippen LogP contribution in [0.1, 0.15) is 11.3 Å². The number of hydrogen-bond donors (Lipinski definition) is 0. The molecule has 1 radical (unpaired) electrons. The minimum atomic E-state index is -4.36. The molecule has 0 N–H and O–H groups in total. The number of aromatic nitrogens is 3. The van der Waals surface area contributed by atoms with Crippen molar-refractivity contribution in [2.75, 3.05) is 0 Å². The number of nitrogens with zero attached hydrogens (tertiary/aromatic N) is 3. The number of pyridine rings is 1. The van der Waals surface area contributed by atoms with Crippen LogP contribution in [0, 0.1) is 19.1 Å². The van der Waals surface area contributed by atoms with Crippen molar-refractivity contribution in [3.8, 4) is 22.5 Å². The summed E-state index contributed by atoms with van der Waals surface area (Å²) in [7, 11) is 0. The monoisotopic (exact) mass is 634 g/mol.